The van der Waals surface area contributed by atoms with Gasteiger partial charge in [-0.2, -0.15) is 24.3 Å². The van der Waals surface area contributed by atoms with Crippen LogP contribution in [0.25, 0.3) is 0 Å². The molecule has 1 nitrogen and oxygen atoms in total. The van der Waals surface area contributed by atoms with Crippen molar-refractivity contribution in [1.29, 1.82) is 0 Å². The fourth-order valence-corrected chi connectivity index (χ4v) is 0.407. The van der Waals surface area contributed by atoms with Crippen LogP contribution in [0.1, 0.15) is 0 Å². The van der Waals surface area contributed by atoms with E-state index >= 15 is 0 Å². The van der Waals surface area contributed by atoms with Gasteiger partial charge in [0, 0.05) is 0 Å². The molecule has 0 aliphatic carbocycles. The van der Waals surface area contributed by atoms with Gasteiger partial charge in [-0.05, 0) is 0 Å². The van der Waals surface area contributed by atoms with Crippen LogP contribution in [0.15, 0.2) is 24.3 Å². The Balaban J connectivity index is 0. The Labute approximate surface area is 115 Å². The third-order valence-corrected chi connectivity index (χ3v) is 0.733. The molecule has 2 N–H and O–H groups in total. The fraction of sp³-hybridized carbons (Fsp3) is 0. The molecule has 0 aliphatic heterocycles. The maximum atomic E-state index is 5.30. The fourth-order valence-electron chi connectivity index (χ4n) is 0.407. The molecule has 0 aliphatic rings. The number of para-hydroxylation sites is 1. The summed E-state index contributed by atoms with van der Waals surface area (Å²) in [5, 5.41) is 0. The number of rotatable bonds is 0. The maximum absolute atomic E-state index is 5.30. The van der Waals surface area contributed by atoms with E-state index < -0.39 is 0 Å². The zero-order valence-electron chi connectivity index (χ0n) is 5.26. The summed E-state index contributed by atoms with van der Waals surface area (Å²) in [6.45, 7) is 0. The summed E-state index contributed by atoms with van der Waals surface area (Å²) in [6, 6.07) is 10.2. The van der Waals surface area contributed by atoms with Gasteiger partial charge in [-0.1, -0.05) is 5.69 Å². The summed E-state index contributed by atoms with van der Waals surface area (Å²) >= 11 is 0. The minimum Gasteiger partial charge on any atom is -1.00 e. The van der Waals surface area contributed by atoms with Crippen LogP contribution in [0, 0.1) is 6.07 Å². The van der Waals surface area contributed by atoms with Crippen molar-refractivity contribution in [3.05, 3.63) is 30.3 Å². The van der Waals surface area contributed by atoms with Gasteiger partial charge >= 0.3 is 51.4 Å². The molecule has 1 aromatic rings. The van der Waals surface area contributed by atoms with Gasteiger partial charge in [-0.25, -0.2) is 0 Å². The molecule has 0 amide bonds. The standard InChI is InChI=1S/C6H6N.HI.K/c7-6-4-2-1-3-5-6;;/h1-4H,7H2;1H;/q-1;;+1/p-1. The molecular weight excluding hydrogens is 252 g/mol. The molecule has 0 unspecified atom stereocenters. The topological polar surface area (TPSA) is 26.0 Å². The average molecular weight is 258 g/mol. The smallest absolute Gasteiger partial charge is 1.00 e. The number of halogens is 1. The number of nitrogen functional groups attached to an aromatic ring is 1. The zero-order chi connectivity index (χ0) is 5.11. The molecule has 1 rings (SSSR count). The van der Waals surface area contributed by atoms with Gasteiger partial charge in [0.05, 0.1) is 0 Å². The predicted molar refractivity (Wildman–Crippen MR) is 29.7 cm³/mol. The third-order valence-electron chi connectivity index (χ3n) is 0.733. The minimum absolute atomic E-state index is 0. The summed E-state index contributed by atoms with van der Waals surface area (Å²) in [4.78, 5) is 0. The van der Waals surface area contributed by atoms with E-state index in [0.29, 0.717) is 5.69 Å². The molecule has 0 fully saturated rings. The Hall–Kier alpha value is 1.39. The van der Waals surface area contributed by atoms with Crippen LogP contribution in [0.5, 0.6) is 0 Å². The number of benzene rings is 1. The van der Waals surface area contributed by atoms with Crippen LogP contribution in [-0.4, -0.2) is 0 Å². The van der Waals surface area contributed by atoms with Crippen LogP contribution in [-0.2, 0) is 0 Å². The van der Waals surface area contributed by atoms with Crippen LogP contribution in [0.3, 0.4) is 0 Å². The van der Waals surface area contributed by atoms with Crippen LogP contribution < -0.4 is 81.1 Å². The molecule has 0 radical (unpaired) electrons. The van der Waals surface area contributed by atoms with Crippen molar-refractivity contribution in [2.75, 3.05) is 5.73 Å². The first-order chi connectivity index (χ1) is 3.39. The van der Waals surface area contributed by atoms with Crippen molar-refractivity contribution in [3.8, 4) is 0 Å². The molecule has 0 spiro atoms. The second-order valence-corrected chi connectivity index (χ2v) is 1.32. The van der Waals surface area contributed by atoms with Crippen LogP contribution in [0.4, 0.5) is 5.69 Å². The van der Waals surface area contributed by atoms with Gasteiger partial charge in [-0.15, -0.1) is 6.07 Å². The van der Waals surface area contributed by atoms with E-state index in [0.717, 1.165) is 0 Å². The van der Waals surface area contributed by atoms with E-state index in [4.69, 9.17) is 5.73 Å². The summed E-state index contributed by atoms with van der Waals surface area (Å²) in [7, 11) is 0. The first-order valence-corrected chi connectivity index (χ1v) is 2.12. The minimum atomic E-state index is 0. The van der Waals surface area contributed by atoms with E-state index in [1.807, 2.05) is 12.1 Å². The van der Waals surface area contributed by atoms with E-state index in [2.05, 4.69) is 6.07 Å². The van der Waals surface area contributed by atoms with Crippen molar-refractivity contribution in [3.63, 3.8) is 0 Å². The second-order valence-electron chi connectivity index (χ2n) is 1.32. The van der Waals surface area contributed by atoms with Crippen molar-refractivity contribution < 1.29 is 75.4 Å². The van der Waals surface area contributed by atoms with Gasteiger partial charge in [-0.3, -0.25) is 0 Å². The van der Waals surface area contributed by atoms with Gasteiger partial charge in [0.25, 0.3) is 0 Å². The number of anilines is 1. The molecule has 0 atom stereocenters. The molecule has 0 saturated heterocycles. The SMILES string of the molecule is Nc1[c-]cccc1.[I-].[K+]. The molecule has 0 bridgehead atoms. The summed E-state index contributed by atoms with van der Waals surface area (Å²) in [5.74, 6) is 0. The van der Waals surface area contributed by atoms with Crippen molar-refractivity contribution in [1.82, 2.24) is 0 Å². The average Bonchev–Trinajstić information content (AvgIpc) is 1.69. The van der Waals surface area contributed by atoms with E-state index in [1.54, 1.807) is 12.1 Å². The van der Waals surface area contributed by atoms with Crippen molar-refractivity contribution in [2.24, 2.45) is 0 Å². The van der Waals surface area contributed by atoms with Crippen molar-refractivity contribution in [2.45, 2.75) is 0 Å². The molecule has 0 aromatic heterocycles. The predicted octanol–water partition coefficient (Wildman–Crippen LogP) is -4.92. The first-order valence-electron chi connectivity index (χ1n) is 2.12. The summed E-state index contributed by atoms with van der Waals surface area (Å²) in [5.41, 5.74) is 6.00. The number of hydrogen-bond acceptors (Lipinski definition) is 1. The third kappa shape index (κ3) is 5.81. The Kier molecular flexibility index (Phi) is 10.8. The van der Waals surface area contributed by atoms with Gasteiger partial charge < -0.3 is 29.7 Å². The van der Waals surface area contributed by atoms with Gasteiger partial charge in [0.1, 0.15) is 0 Å². The van der Waals surface area contributed by atoms with E-state index in [1.165, 1.54) is 0 Å². The van der Waals surface area contributed by atoms with Gasteiger partial charge in [0.2, 0.25) is 0 Å². The monoisotopic (exact) mass is 258 g/mol. The quantitative estimate of drug-likeness (QED) is 0.215. The van der Waals surface area contributed by atoms with Gasteiger partial charge in [0.15, 0.2) is 0 Å². The molecule has 3 heteroatoms. The number of hydrogen-bond donors (Lipinski definition) is 1. The largest absolute Gasteiger partial charge is 1.00 e. The summed E-state index contributed by atoms with van der Waals surface area (Å²) < 4.78 is 0. The molecule has 44 valence electrons. The maximum Gasteiger partial charge on any atom is 1.00 e. The van der Waals surface area contributed by atoms with Crippen LogP contribution >= 0.6 is 0 Å². The van der Waals surface area contributed by atoms with E-state index in [9.17, 15) is 0 Å². The summed E-state index contributed by atoms with van der Waals surface area (Å²) in [6.07, 6.45) is 0. The second kappa shape index (κ2) is 7.49. The van der Waals surface area contributed by atoms with E-state index in [-0.39, 0.29) is 75.4 Å². The Bertz CT molecular complexity index is 143. The molecule has 0 heterocycles. The van der Waals surface area contributed by atoms with Crippen LogP contribution in [0.2, 0.25) is 0 Å². The molecule has 1 aromatic carbocycles. The zero-order valence-corrected chi connectivity index (χ0v) is 10.5. The first kappa shape index (κ1) is 13.0. The molecule has 9 heavy (non-hydrogen) atoms. The Morgan fingerprint density at radius 3 is 2.22 bits per heavy atom. The Morgan fingerprint density at radius 1 is 1.33 bits per heavy atom. The van der Waals surface area contributed by atoms with Crippen molar-refractivity contribution >= 4 is 5.69 Å². The molecular formula is C6H6IKN-. The Morgan fingerprint density at radius 2 is 2.00 bits per heavy atom. The molecule has 0 saturated carbocycles. The number of nitrogens with two attached hydrogens (primary N) is 1. The normalized spacial score (nSPS) is 6.67.